The lowest BCUT2D eigenvalue weighted by Gasteiger charge is -2.09. The van der Waals surface area contributed by atoms with Crippen LogP contribution in [0, 0.1) is 13.8 Å². The fourth-order valence-electron chi connectivity index (χ4n) is 3.11. The average Bonchev–Trinajstić information content (AvgIpc) is 2.62. The van der Waals surface area contributed by atoms with Crippen molar-refractivity contribution in [2.24, 2.45) is 0 Å². The second-order valence-corrected chi connectivity index (χ2v) is 6.58. The summed E-state index contributed by atoms with van der Waals surface area (Å²) in [6.07, 6.45) is 1.45. The maximum Gasteiger partial charge on any atom is 0.339 e. The van der Waals surface area contributed by atoms with Gasteiger partial charge in [-0.25, -0.2) is 4.79 Å². The Morgan fingerprint density at radius 1 is 1.04 bits per heavy atom. The van der Waals surface area contributed by atoms with Gasteiger partial charge in [-0.2, -0.15) is 0 Å². The molecule has 0 aliphatic rings. The molecule has 0 spiro atoms. The van der Waals surface area contributed by atoms with E-state index in [2.05, 4.69) is 5.32 Å². The molecule has 0 fully saturated rings. The summed E-state index contributed by atoms with van der Waals surface area (Å²) in [4.78, 5) is 24.4. The number of amides is 1. The molecule has 3 rings (SSSR count). The van der Waals surface area contributed by atoms with Crippen molar-refractivity contribution < 1.29 is 9.21 Å². The van der Waals surface area contributed by atoms with Gasteiger partial charge in [-0.3, -0.25) is 4.79 Å². The first-order valence-corrected chi connectivity index (χ1v) is 8.88. The molecule has 4 nitrogen and oxygen atoms in total. The van der Waals surface area contributed by atoms with Crippen LogP contribution in [0.2, 0.25) is 0 Å². The fourth-order valence-corrected chi connectivity index (χ4v) is 3.11. The van der Waals surface area contributed by atoms with Crippen LogP contribution in [-0.2, 0) is 17.6 Å². The molecule has 0 saturated heterocycles. The molecule has 0 atom stereocenters. The molecule has 4 heteroatoms. The predicted octanol–water partition coefficient (Wildman–Crippen LogP) is 3.70. The van der Waals surface area contributed by atoms with Gasteiger partial charge >= 0.3 is 5.63 Å². The van der Waals surface area contributed by atoms with Gasteiger partial charge < -0.3 is 9.73 Å². The Morgan fingerprint density at radius 2 is 1.81 bits per heavy atom. The summed E-state index contributed by atoms with van der Waals surface area (Å²) in [5, 5.41) is 3.84. The molecule has 0 radical (unpaired) electrons. The van der Waals surface area contributed by atoms with E-state index in [-0.39, 0.29) is 18.0 Å². The van der Waals surface area contributed by atoms with Crippen LogP contribution in [0.25, 0.3) is 11.0 Å². The summed E-state index contributed by atoms with van der Waals surface area (Å²) in [6.45, 7) is 4.47. The molecule has 0 bridgehead atoms. The van der Waals surface area contributed by atoms with Crippen LogP contribution in [0.4, 0.5) is 0 Å². The maximum atomic E-state index is 12.3. The maximum absolute atomic E-state index is 12.3. The zero-order valence-electron chi connectivity index (χ0n) is 15.2. The van der Waals surface area contributed by atoms with Gasteiger partial charge in [-0.05, 0) is 49.4 Å². The van der Waals surface area contributed by atoms with Crippen LogP contribution in [-0.4, -0.2) is 12.5 Å². The second kappa shape index (κ2) is 8.00. The average molecular weight is 349 g/mol. The van der Waals surface area contributed by atoms with Crippen LogP contribution in [0.5, 0.6) is 0 Å². The summed E-state index contributed by atoms with van der Waals surface area (Å²) in [7, 11) is 0. The van der Waals surface area contributed by atoms with Gasteiger partial charge in [0.1, 0.15) is 5.58 Å². The van der Waals surface area contributed by atoms with Gasteiger partial charge in [0.05, 0.1) is 0 Å². The molecule has 0 aliphatic heterocycles. The molecule has 0 aliphatic carbocycles. The Labute approximate surface area is 152 Å². The monoisotopic (exact) mass is 349 g/mol. The van der Waals surface area contributed by atoms with E-state index >= 15 is 0 Å². The normalized spacial score (nSPS) is 10.8. The van der Waals surface area contributed by atoms with E-state index in [1.807, 2.05) is 62.4 Å². The minimum Gasteiger partial charge on any atom is -0.423 e. The summed E-state index contributed by atoms with van der Waals surface area (Å²) < 4.78 is 5.44. The number of nitrogens with one attached hydrogen (secondary N) is 1. The lowest BCUT2D eigenvalue weighted by Crippen LogP contribution is -2.26. The van der Waals surface area contributed by atoms with Crippen molar-refractivity contribution in [2.75, 3.05) is 6.54 Å². The standard InChI is InChI=1S/C22H23NO3/c1-15-8-9-18-16(2)19(22(25)26-20(18)14-15)10-11-21(24)23-13-12-17-6-4-3-5-7-17/h3-9,14H,10-13H2,1-2H3,(H,23,24). The molecule has 0 unspecified atom stereocenters. The lowest BCUT2D eigenvalue weighted by molar-refractivity contribution is -0.121. The zero-order valence-corrected chi connectivity index (χ0v) is 15.2. The molecule has 2 aromatic carbocycles. The quantitative estimate of drug-likeness (QED) is 0.690. The zero-order chi connectivity index (χ0) is 18.5. The number of hydrogen-bond acceptors (Lipinski definition) is 3. The van der Waals surface area contributed by atoms with E-state index in [0.29, 0.717) is 24.1 Å². The first kappa shape index (κ1) is 17.9. The van der Waals surface area contributed by atoms with E-state index < -0.39 is 0 Å². The minimum atomic E-state index is -0.349. The highest BCUT2D eigenvalue weighted by Gasteiger charge is 2.13. The van der Waals surface area contributed by atoms with Gasteiger partial charge in [0.15, 0.2) is 0 Å². The van der Waals surface area contributed by atoms with Crippen LogP contribution in [0.1, 0.15) is 28.7 Å². The van der Waals surface area contributed by atoms with Gasteiger partial charge in [0, 0.05) is 23.9 Å². The number of fused-ring (bicyclic) bond motifs is 1. The molecule has 3 aromatic rings. The number of aryl methyl sites for hydroxylation is 2. The largest absolute Gasteiger partial charge is 0.423 e. The topological polar surface area (TPSA) is 59.3 Å². The SMILES string of the molecule is Cc1ccc2c(C)c(CCC(=O)NCCc3ccccc3)c(=O)oc2c1. The van der Waals surface area contributed by atoms with E-state index in [4.69, 9.17) is 4.42 Å². The third kappa shape index (κ3) is 4.20. The van der Waals surface area contributed by atoms with Crippen LogP contribution < -0.4 is 10.9 Å². The number of carbonyl (C=O) groups excluding carboxylic acids is 1. The highest BCUT2D eigenvalue weighted by Crippen LogP contribution is 2.21. The number of hydrogen-bond donors (Lipinski definition) is 1. The molecule has 134 valence electrons. The Bertz CT molecular complexity index is 974. The van der Waals surface area contributed by atoms with Gasteiger partial charge in [-0.15, -0.1) is 0 Å². The van der Waals surface area contributed by atoms with E-state index in [9.17, 15) is 9.59 Å². The number of benzene rings is 2. The van der Waals surface area contributed by atoms with Gasteiger partial charge in [0.25, 0.3) is 0 Å². The van der Waals surface area contributed by atoms with Crippen LogP contribution in [0.15, 0.2) is 57.7 Å². The van der Waals surface area contributed by atoms with E-state index in [1.54, 1.807) is 0 Å². The van der Waals surface area contributed by atoms with Crippen LogP contribution >= 0.6 is 0 Å². The van der Waals surface area contributed by atoms with Crippen molar-refractivity contribution in [2.45, 2.75) is 33.1 Å². The van der Waals surface area contributed by atoms with Crippen molar-refractivity contribution in [3.63, 3.8) is 0 Å². The summed E-state index contributed by atoms with van der Waals surface area (Å²) in [6, 6.07) is 15.8. The molecule has 0 saturated carbocycles. The molecule has 1 amide bonds. The third-order valence-corrected chi connectivity index (χ3v) is 4.62. The summed E-state index contributed by atoms with van der Waals surface area (Å²) in [5.74, 6) is -0.0521. The highest BCUT2D eigenvalue weighted by molar-refractivity contribution is 5.82. The number of rotatable bonds is 6. The van der Waals surface area contributed by atoms with E-state index in [1.165, 1.54) is 5.56 Å². The summed E-state index contributed by atoms with van der Waals surface area (Å²) >= 11 is 0. The first-order chi connectivity index (χ1) is 12.5. The Hall–Kier alpha value is -2.88. The van der Waals surface area contributed by atoms with Gasteiger partial charge in [0.2, 0.25) is 5.91 Å². The van der Waals surface area contributed by atoms with Crippen molar-refractivity contribution in [3.05, 3.63) is 81.2 Å². The fraction of sp³-hybridized carbons (Fsp3) is 0.273. The van der Waals surface area contributed by atoms with E-state index in [0.717, 1.165) is 22.9 Å². The summed E-state index contributed by atoms with van der Waals surface area (Å²) in [5.41, 5.74) is 3.97. The predicted molar refractivity (Wildman–Crippen MR) is 103 cm³/mol. The molecule has 26 heavy (non-hydrogen) atoms. The number of carbonyl (C=O) groups is 1. The Balaban J connectivity index is 1.61. The second-order valence-electron chi connectivity index (χ2n) is 6.58. The Kier molecular flexibility index (Phi) is 5.52. The van der Waals surface area contributed by atoms with Gasteiger partial charge in [-0.1, -0.05) is 42.5 Å². The molecule has 1 aromatic heterocycles. The lowest BCUT2D eigenvalue weighted by atomic mass is 10.0. The molecule has 1 heterocycles. The third-order valence-electron chi connectivity index (χ3n) is 4.62. The molecular formula is C22H23NO3. The van der Waals surface area contributed by atoms with Crippen molar-refractivity contribution in [3.8, 4) is 0 Å². The van der Waals surface area contributed by atoms with Crippen LogP contribution in [0.3, 0.4) is 0 Å². The molecular weight excluding hydrogens is 326 g/mol. The molecule has 1 N–H and O–H groups in total. The Morgan fingerprint density at radius 3 is 2.58 bits per heavy atom. The van der Waals surface area contributed by atoms with Crippen molar-refractivity contribution in [1.29, 1.82) is 0 Å². The minimum absolute atomic E-state index is 0.0521. The smallest absolute Gasteiger partial charge is 0.339 e. The van der Waals surface area contributed by atoms with Crippen molar-refractivity contribution >= 4 is 16.9 Å². The van der Waals surface area contributed by atoms with Crippen molar-refractivity contribution in [1.82, 2.24) is 5.32 Å². The highest BCUT2D eigenvalue weighted by atomic mass is 16.4. The first-order valence-electron chi connectivity index (χ1n) is 8.88.